The Balaban J connectivity index is 1.87. The lowest BCUT2D eigenvalue weighted by Gasteiger charge is -2.24. The highest BCUT2D eigenvalue weighted by Gasteiger charge is 2.33. The molecule has 0 aromatic carbocycles. The number of hydrogen-bond acceptors (Lipinski definition) is 5. The van der Waals surface area contributed by atoms with Crippen molar-refractivity contribution in [1.82, 2.24) is 9.46 Å². The van der Waals surface area contributed by atoms with Crippen LogP contribution in [0.3, 0.4) is 0 Å². The Morgan fingerprint density at radius 2 is 2.16 bits per heavy atom. The van der Waals surface area contributed by atoms with Crippen LogP contribution in [0.25, 0.3) is 0 Å². The lowest BCUT2D eigenvalue weighted by Crippen LogP contribution is -2.35. The van der Waals surface area contributed by atoms with Gasteiger partial charge >= 0.3 is 0 Å². The molecule has 2 atom stereocenters. The van der Waals surface area contributed by atoms with Crippen molar-refractivity contribution in [1.29, 1.82) is 0 Å². The fraction of sp³-hybridized carbons (Fsp3) is 0.750. The summed E-state index contributed by atoms with van der Waals surface area (Å²) in [5.41, 5.74) is -0.165. The van der Waals surface area contributed by atoms with Gasteiger partial charge in [0.15, 0.2) is 5.82 Å². The van der Waals surface area contributed by atoms with E-state index in [9.17, 15) is 9.00 Å². The quantitative estimate of drug-likeness (QED) is 0.726. The minimum Gasteiger partial charge on any atom is -0.359 e. The molecule has 1 aliphatic heterocycles. The number of aromatic nitrogens is 1. The molecule has 25 heavy (non-hydrogen) atoms. The highest BCUT2D eigenvalue weighted by molar-refractivity contribution is 8.01. The molecule has 0 saturated carbocycles. The van der Waals surface area contributed by atoms with Crippen LogP contribution in [0.4, 0.5) is 5.82 Å². The van der Waals surface area contributed by atoms with Crippen molar-refractivity contribution in [3.63, 3.8) is 0 Å². The monoisotopic (exact) mass is 389 g/mol. The van der Waals surface area contributed by atoms with Crippen LogP contribution in [0, 0.1) is 5.92 Å². The number of rotatable bonds is 6. The van der Waals surface area contributed by atoms with E-state index >= 15 is 0 Å². The molecule has 1 amide bonds. The first-order chi connectivity index (χ1) is 11.5. The Hall–Kier alpha value is -0.900. The smallest absolute Gasteiger partial charge is 0.241 e. The number of carbonyl (C=O) groups excluding carboxylic acids is 1. The van der Waals surface area contributed by atoms with Crippen molar-refractivity contribution in [3.05, 3.63) is 11.8 Å². The predicted molar refractivity (Wildman–Crippen MR) is 101 cm³/mol. The van der Waals surface area contributed by atoms with E-state index in [2.05, 4.69) is 10.5 Å². The summed E-state index contributed by atoms with van der Waals surface area (Å²) < 4.78 is 26.4. The number of hydrogen-bond donors (Lipinski definition) is 2. The van der Waals surface area contributed by atoms with Gasteiger partial charge in [-0.3, -0.25) is 9.35 Å². The summed E-state index contributed by atoms with van der Waals surface area (Å²) in [4.78, 5) is 12.6. The number of anilines is 1. The second-order valence-electron chi connectivity index (χ2n) is 7.88. The number of nitrogens with zero attached hydrogens (tertiary/aromatic N) is 2. The Bertz CT molecular complexity index is 640. The normalized spacial score (nSPS) is 20.6. The first-order valence-electron chi connectivity index (χ1n) is 8.27. The second-order valence-corrected chi connectivity index (χ2v) is 10.5. The summed E-state index contributed by atoms with van der Waals surface area (Å²) in [6.07, 6.45) is 0.870. The van der Waals surface area contributed by atoms with Crippen LogP contribution in [0.15, 0.2) is 10.6 Å². The van der Waals surface area contributed by atoms with Gasteiger partial charge in [-0.1, -0.05) is 25.9 Å². The van der Waals surface area contributed by atoms with Crippen LogP contribution in [0.5, 0.6) is 0 Å². The van der Waals surface area contributed by atoms with Crippen LogP contribution in [0.1, 0.15) is 46.8 Å². The zero-order valence-corrected chi connectivity index (χ0v) is 17.0. The molecule has 142 valence electrons. The number of nitrogens with one attached hydrogen (secondary N) is 1. The largest absolute Gasteiger partial charge is 0.359 e. The van der Waals surface area contributed by atoms with Crippen LogP contribution in [-0.2, 0) is 21.5 Å². The lowest BCUT2D eigenvalue weighted by atomic mass is 9.93. The molecule has 9 heteroatoms. The van der Waals surface area contributed by atoms with E-state index in [1.165, 1.54) is 0 Å². The highest BCUT2D eigenvalue weighted by Crippen LogP contribution is 2.31. The van der Waals surface area contributed by atoms with Gasteiger partial charge in [-0.25, -0.2) is 8.51 Å². The summed E-state index contributed by atoms with van der Waals surface area (Å²) >= 11 is -0.349. The highest BCUT2D eigenvalue weighted by atomic mass is 32.2. The minimum atomic E-state index is -1.90. The molecule has 1 fully saturated rings. The summed E-state index contributed by atoms with van der Waals surface area (Å²) in [6, 6.07) is 1.75. The Morgan fingerprint density at radius 1 is 1.48 bits per heavy atom. The maximum Gasteiger partial charge on any atom is 0.241 e. The van der Waals surface area contributed by atoms with Crippen LogP contribution >= 0.6 is 11.8 Å². The molecular formula is C16H27N3O4S2. The van der Waals surface area contributed by atoms with Gasteiger partial charge < -0.3 is 9.84 Å². The van der Waals surface area contributed by atoms with Crippen molar-refractivity contribution >= 4 is 34.8 Å². The molecule has 2 N–H and O–H groups in total. The summed E-state index contributed by atoms with van der Waals surface area (Å²) in [5.74, 6) is 2.09. The van der Waals surface area contributed by atoms with E-state index in [-0.39, 0.29) is 11.3 Å². The minimum absolute atomic E-state index is 0.133. The van der Waals surface area contributed by atoms with Gasteiger partial charge in [-0.15, -0.1) is 11.8 Å². The molecule has 0 bridgehead atoms. The molecule has 0 aliphatic carbocycles. The molecule has 1 aromatic heterocycles. The fourth-order valence-corrected chi connectivity index (χ4v) is 4.13. The first-order valence-corrected chi connectivity index (χ1v) is 10.3. The molecule has 2 unspecified atom stereocenters. The van der Waals surface area contributed by atoms with Crippen molar-refractivity contribution in [2.45, 2.75) is 51.2 Å². The average Bonchev–Trinajstić information content (AvgIpc) is 3.13. The van der Waals surface area contributed by atoms with Crippen LogP contribution in [-0.4, -0.2) is 47.7 Å². The van der Waals surface area contributed by atoms with E-state index in [4.69, 9.17) is 9.08 Å². The van der Waals surface area contributed by atoms with Crippen LogP contribution in [0.2, 0.25) is 0 Å². The molecule has 2 heterocycles. The Morgan fingerprint density at radius 3 is 2.68 bits per heavy atom. The number of amides is 1. The van der Waals surface area contributed by atoms with Gasteiger partial charge in [-0.05, 0) is 31.9 Å². The van der Waals surface area contributed by atoms with Crippen molar-refractivity contribution in [2.75, 3.05) is 24.2 Å². The maximum atomic E-state index is 12.6. The zero-order valence-electron chi connectivity index (χ0n) is 15.4. The molecule has 7 nitrogen and oxygen atoms in total. The molecule has 0 spiro atoms. The first kappa shape index (κ1) is 20.4. The van der Waals surface area contributed by atoms with E-state index in [1.807, 2.05) is 34.6 Å². The molecule has 1 saturated heterocycles. The van der Waals surface area contributed by atoms with Gasteiger partial charge in [0, 0.05) is 24.6 Å². The topological polar surface area (TPSA) is 95.7 Å². The van der Waals surface area contributed by atoms with Gasteiger partial charge in [0.25, 0.3) is 0 Å². The summed E-state index contributed by atoms with van der Waals surface area (Å²) in [5, 5.41) is 6.73. The van der Waals surface area contributed by atoms with Gasteiger partial charge in [0.1, 0.15) is 5.76 Å². The van der Waals surface area contributed by atoms with E-state index < -0.39 is 16.0 Å². The Labute approximate surface area is 155 Å². The van der Waals surface area contributed by atoms with Crippen molar-refractivity contribution in [3.8, 4) is 0 Å². The second kappa shape index (κ2) is 7.77. The third kappa shape index (κ3) is 5.54. The van der Waals surface area contributed by atoms with E-state index in [0.717, 1.165) is 17.9 Å². The van der Waals surface area contributed by atoms with E-state index in [1.54, 1.807) is 22.1 Å². The average molecular weight is 390 g/mol. The standard InChI is InChI=1S/C16H27N3O4S2/c1-15(2,3)12-8-13(18-23-12)17-14(20)16(4,5)24-10-11-6-7-19(9-11)25(21)22/h8,11H,6-7,9-10H2,1-5H3,(H,21,22)(H,17,18,20). The third-order valence-corrected chi connectivity index (χ3v) is 6.51. The Kier molecular flexibility index (Phi) is 6.35. The predicted octanol–water partition coefficient (Wildman–Crippen LogP) is 2.88. The number of carbonyl (C=O) groups is 1. The van der Waals surface area contributed by atoms with Gasteiger partial charge in [0.2, 0.25) is 17.2 Å². The molecule has 2 rings (SSSR count). The zero-order chi connectivity index (χ0) is 18.8. The maximum absolute atomic E-state index is 12.6. The number of thioether (sulfide) groups is 1. The SMILES string of the molecule is CC(C)(SCC1CCN(S(=O)O)C1)C(=O)Nc1cc(C(C)(C)C)on1. The molecule has 0 radical (unpaired) electrons. The molecule has 1 aliphatic rings. The molecular weight excluding hydrogens is 362 g/mol. The third-order valence-electron chi connectivity index (χ3n) is 4.19. The van der Waals surface area contributed by atoms with Crippen molar-refractivity contribution in [2.24, 2.45) is 5.92 Å². The van der Waals surface area contributed by atoms with Crippen LogP contribution < -0.4 is 5.32 Å². The summed E-state index contributed by atoms with van der Waals surface area (Å²) in [7, 11) is 0. The van der Waals surface area contributed by atoms with Gasteiger partial charge in [-0.2, -0.15) is 0 Å². The van der Waals surface area contributed by atoms with Gasteiger partial charge in [0.05, 0.1) is 4.75 Å². The van der Waals surface area contributed by atoms with Crippen molar-refractivity contribution < 1.29 is 18.1 Å². The fourth-order valence-electron chi connectivity index (χ4n) is 2.42. The van der Waals surface area contributed by atoms with E-state index in [0.29, 0.717) is 24.8 Å². The lowest BCUT2D eigenvalue weighted by molar-refractivity contribution is -0.117. The summed E-state index contributed by atoms with van der Waals surface area (Å²) in [6.45, 7) is 11.0. The molecule has 1 aromatic rings.